The van der Waals surface area contributed by atoms with Gasteiger partial charge in [0.25, 0.3) is 0 Å². The van der Waals surface area contributed by atoms with Gasteiger partial charge in [0.05, 0.1) is 13.2 Å². The van der Waals surface area contributed by atoms with E-state index in [0.717, 1.165) is 25.9 Å². The van der Waals surface area contributed by atoms with Gasteiger partial charge in [-0.3, -0.25) is 4.79 Å². The Bertz CT molecular complexity index is 174. The summed E-state index contributed by atoms with van der Waals surface area (Å²) in [5.74, 6) is 1.00. The van der Waals surface area contributed by atoms with Crippen molar-refractivity contribution >= 4 is 5.91 Å². The molecule has 1 aliphatic rings. The molecule has 1 fully saturated rings. The molecule has 0 saturated carbocycles. The molecule has 82 valence electrons. The molecule has 0 radical (unpaired) electrons. The lowest BCUT2D eigenvalue weighted by Crippen LogP contribution is -2.40. The van der Waals surface area contributed by atoms with Crippen molar-refractivity contribution in [3.8, 4) is 0 Å². The second-order valence-electron chi connectivity index (χ2n) is 4.28. The van der Waals surface area contributed by atoms with Crippen LogP contribution in [0.2, 0.25) is 0 Å². The lowest BCUT2D eigenvalue weighted by Gasteiger charge is -2.26. The second kappa shape index (κ2) is 6.02. The van der Waals surface area contributed by atoms with Crippen LogP contribution in [0.15, 0.2) is 0 Å². The summed E-state index contributed by atoms with van der Waals surface area (Å²) in [6.07, 6.45) is 2.88. The van der Waals surface area contributed by atoms with Gasteiger partial charge in [0.1, 0.15) is 0 Å². The number of ether oxygens (including phenoxy) is 1. The maximum atomic E-state index is 11.6. The fourth-order valence-electron chi connectivity index (χ4n) is 1.63. The molecule has 0 aromatic heterocycles. The molecule has 0 N–H and O–H groups in total. The Morgan fingerprint density at radius 1 is 1.36 bits per heavy atom. The van der Waals surface area contributed by atoms with E-state index in [1.165, 1.54) is 0 Å². The number of carbonyl (C=O) groups excluding carboxylic acids is 1. The van der Waals surface area contributed by atoms with Crippen LogP contribution in [0.3, 0.4) is 0 Å². The summed E-state index contributed by atoms with van der Waals surface area (Å²) in [6.45, 7) is 7.35. The number of hydrogen-bond donors (Lipinski definition) is 0. The van der Waals surface area contributed by atoms with Crippen LogP contribution in [-0.4, -0.2) is 37.1 Å². The molecule has 1 amide bonds. The van der Waals surface area contributed by atoms with Crippen molar-refractivity contribution in [2.75, 3.05) is 26.3 Å². The maximum absolute atomic E-state index is 11.6. The fraction of sp³-hybridized carbons (Fsp3) is 0.909. The minimum Gasteiger partial charge on any atom is -0.378 e. The Morgan fingerprint density at radius 3 is 2.57 bits per heavy atom. The van der Waals surface area contributed by atoms with Crippen molar-refractivity contribution in [3.05, 3.63) is 0 Å². The third-order valence-electron chi connectivity index (χ3n) is 2.54. The molecule has 14 heavy (non-hydrogen) atoms. The van der Waals surface area contributed by atoms with Crippen LogP contribution >= 0.6 is 0 Å². The zero-order valence-electron chi connectivity index (χ0n) is 9.29. The van der Waals surface area contributed by atoms with Crippen molar-refractivity contribution in [1.82, 2.24) is 4.90 Å². The van der Waals surface area contributed by atoms with Gasteiger partial charge in [0.2, 0.25) is 5.91 Å². The number of nitrogens with zero attached hydrogens (tertiary/aromatic N) is 1. The summed E-state index contributed by atoms with van der Waals surface area (Å²) in [5.41, 5.74) is 0. The van der Waals surface area contributed by atoms with E-state index < -0.39 is 0 Å². The van der Waals surface area contributed by atoms with Gasteiger partial charge in [0.15, 0.2) is 0 Å². The van der Waals surface area contributed by atoms with Gasteiger partial charge < -0.3 is 9.64 Å². The van der Waals surface area contributed by atoms with E-state index in [1.54, 1.807) is 0 Å². The Balaban J connectivity index is 2.13. The van der Waals surface area contributed by atoms with Crippen LogP contribution in [-0.2, 0) is 9.53 Å². The highest BCUT2D eigenvalue weighted by molar-refractivity contribution is 5.76. The number of hydrogen-bond acceptors (Lipinski definition) is 2. The summed E-state index contributed by atoms with van der Waals surface area (Å²) in [7, 11) is 0. The van der Waals surface area contributed by atoms with Crippen molar-refractivity contribution in [2.45, 2.75) is 33.1 Å². The Morgan fingerprint density at radius 2 is 2.00 bits per heavy atom. The standard InChI is InChI=1S/C11H21NO2/c1-10(2)4-3-5-11(13)12-6-8-14-9-7-12/h10H,3-9H2,1-2H3. The summed E-state index contributed by atoms with van der Waals surface area (Å²) < 4.78 is 5.20. The van der Waals surface area contributed by atoms with E-state index in [0.29, 0.717) is 31.5 Å². The van der Waals surface area contributed by atoms with Crippen LogP contribution in [0.25, 0.3) is 0 Å². The highest BCUT2D eigenvalue weighted by atomic mass is 16.5. The zero-order chi connectivity index (χ0) is 10.4. The van der Waals surface area contributed by atoms with Crippen molar-refractivity contribution in [1.29, 1.82) is 0 Å². The molecule has 0 unspecified atom stereocenters. The van der Waals surface area contributed by atoms with Gasteiger partial charge in [0, 0.05) is 19.5 Å². The van der Waals surface area contributed by atoms with E-state index in [4.69, 9.17) is 4.74 Å². The zero-order valence-corrected chi connectivity index (χ0v) is 9.29. The molecular formula is C11H21NO2. The van der Waals surface area contributed by atoms with Crippen LogP contribution < -0.4 is 0 Å². The van der Waals surface area contributed by atoms with Crippen molar-refractivity contribution < 1.29 is 9.53 Å². The van der Waals surface area contributed by atoms with Crippen LogP contribution in [0.5, 0.6) is 0 Å². The molecule has 3 heteroatoms. The first-order chi connectivity index (χ1) is 6.70. The van der Waals surface area contributed by atoms with Gasteiger partial charge in [-0.15, -0.1) is 0 Å². The maximum Gasteiger partial charge on any atom is 0.222 e. The Kier molecular flexibility index (Phi) is 4.94. The number of morpholine rings is 1. The van der Waals surface area contributed by atoms with E-state index >= 15 is 0 Å². The predicted octanol–water partition coefficient (Wildman–Crippen LogP) is 1.67. The lowest BCUT2D eigenvalue weighted by molar-refractivity contribution is -0.135. The molecule has 1 aliphatic heterocycles. The minimum atomic E-state index is 0.300. The molecule has 0 aliphatic carbocycles. The van der Waals surface area contributed by atoms with Crippen LogP contribution in [0, 0.1) is 5.92 Å². The molecule has 0 bridgehead atoms. The molecular weight excluding hydrogens is 178 g/mol. The van der Waals surface area contributed by atoms with Crippen LogP contribution in [0.4, 0.5) is 0 Å². The Hall–Kier alpha value is -0.570. The topological polar surface area (TPSA) is 29.5 Å². The Labute approximate surface area is 86.4 Å². The van der Waals surface area contributed by atoms with E-state index in [-0.39, 0.29) is 0 Å². The summed E-state index contributed by atoms with van der Waals surface area (Å²) in [5, 5.41) is 0. The van der Waals surface area contributed by atoms with Gasteiger partial charge in [-0.1, -0.05) is 20.3 Å². The van der Waals surface area contributed by atoms with Gasteiger partial charge in [-0.05, 0) is 12.3 Å². The third kappa shape index (κ3) is 4.09. The largest absolute Gasteiger partial charge is 0.378 e. The highest BCUT2D eigenvalue weighted by Gasteiger charge is 2.15. The van der Waals surface area contributed by atoms with Crippen LogP contribution in [0.1, 0.15) is 33.1 Å². The molecule has 1 rings (SSSR count). The molecule has 0 atom stereocenters. The first-order valence-electron chi connectivity index (χ1n) is 5.55. The highest BCUT2D eigenvalue weighted by Crippen LogP contribution is 2.08. The summed E-state index contributed by atoms with van der Waals surface area (Å²) >= 11 is 0. The van der Waals surface area contributed by atoms with E-state index in [1.807, 2.05) is 4.90 Å². The first kappa shape index (κ1) is 11.5. The van der Waals surface area contributed by atoms with E-state index in [2.05, 4.69) is 13.8 Å². The smallest absolute Gasteiger partial charge is 0.222 e. The average molecular weight is 199 g/mol. The molecule has 0 aromatic rings. The van der Waals surface area contributed by atoms with Gasteiger partial charge in [-0.2, -0.15) is 0 Å². The number of amides is 1. The minimum absolute atomic E-state index is 0.300. The number of carbonyl (C=O) groups is 1. The SMILES string of the molecule is CC(C)CCCC(=O)N1CCOCC1. The van der Waals surface area contributed by atoms with E-state index in [9.17, 15) is 4.79 Å². The van der Waals surface area contributed by atoms with Gasteiger partial charge in [-0.25, -0.2) is 0 Å². The fourth-order valence-corrected chi connectivity index (χ4v) is 1.63. The molecule has 0 aromatic carbocycles. The van der Waals surface area contributed by atoms with Crippen molar-refractivity contribution in [3.63, 3.8) is 0 Å². The molecule has 0 spiro atoms. The number of rotatable bonds is 4. The first-order valence-corrected chi connectivity index (χ1v) is 5.55. The third-order valence-corrected chi connectivity index (χ3v) is 2.54. The monoisotopic (exact) mass is 199 g/mol. The molecule has 1 saturated heterocycles. The van der Waals surface area contributed by atoms with Crippen molar-refractivity contribution in [2.24, 2.45) is 5.92 Å². The summed E-state index contributed by atoms with van der Waals surface area (Å²) in [6, 6.07) is 0. The second-order valence-corrected chi connectivity index (χ2v) is 4.28. The quantitative estimate of drug-likeness (QED) is 0.689. The summed E-state index contributed by atoms with van der Waals surface area (Å²) in [4.78, 5) is 13.6. The normalized spacial score (nSPS) is 17.5. The average Bonchev–Trinajstić information content (AvgIpc) is 2.18. The molecule has 3 nitrogen and oxygen atoms in total. The van der Waals surface area contributed by atoms with Gasteiger partial charge >= 0.3 is 0 Å². The molecule has 1 heterocycles. The predicted molar refractivity (Wildman–Crippen MR) is 56.1 cm³/mol. The lowest BCUT2D eigenvalue weighted by atomic mass is 10.1.